The van der Waals surface area contributed by atoms with Crippen molar-refractivity contribution in [2.24, 2.45) is 5.18 Å². The van der Waals surface area contributed by atoms with Crippen LogP contribution in [-0.4, -0.2) is 18.2 Å². The maximum absolute atomic E-state index is 10.5. The van der Waals surface area contributed by atoms with Crippen LogP contribution in [0.2, 0.25) is 0 Å². The van der Waals surface area contributed by atoms with Crippen LogP contribution < -0.4 is 4.90 Å². The van der Waals surface area contributed by atoms with Crippen LogP contribution in [0.25, 0.3) is 0 Å². The highest BCUT2D eigenvalue weighted by Crippen LogP contribution is 2.33. The Morgan fingerprint density at radius 2 is 2.00 bits per heavy atom. The molecule has 1 heterocycles. The molecule has 0 spiro atoms. The second-order valence-electron chi connectivity index (χ2n) is 3.46. The summed E-state index contributed by atoms with van der Waals surface area (Å²) >= 11 is 0. The van der Waals surface area contributed by atoms with Gasteiger partial charge in [0.1, 0.15) is 11.4 Å². The molecule has 1 saturated heterocycles. The summed E-state index contributed by atoms with van der Waals surface area (Å²) in [5.41, 5.74) is 1.15. The summed E-state index contributed by atoms with van der Waals surface area (Å²) in [7, 11) is 0. The van der Waals surface area contributed by atoms with Crippen molar-refractivity contribution in [2.75, 3.05) is 18.0 Å². The Hall–Kier alpha value is -1.58. The number of hydrogen-bond donors (Lipinski definition) is 1. The predicted molar refractivity (Wildman–Crippen MR) is 55.0 cm³/mol. The third-order valence-corrected chi connectivity index (χ3v) is 2.50. The van der Waals surface area contributed by atoms with E-state index < -0.39 is 0 Å². The van der Waals surface area contributed by atoms with E-state index in [-0.39, 0.29) is 5.75 Å². The number of benzene rings is 1. The van der Waals surface area contributed by atoms with Crippen molar-refractivity contribution in [3.63, 3.8) is 0 Å². The first-order chi connectivity index (χ1) is 6.81. The molecular weight excluding hydrogens is 180 g/mol. The van der Waals surface area contributed by atoms with Gasteiger partial charge in [-0.3, -0.25) is 0 Å². The van der Waals surface area contributed by atoms with Crippen molar-refractivity contribution in [1.29, 1.82) is 0 Å². The van der Waals surface area contributed by atoms with Gasteiger partial charge in [0.15, 0.2) is 0 Å². The van der Waals surface area contributed by atoms with E-state index in [9.17, 15) is 10.0 Å². The number of aromatic hydroxyl groups is 1. The number of hydrogen-bond acceptors (Lipinski definition) is 4. The maximum atomic E-state index is 10.5. The van der Waals surface area contributed by atoms with Gasteiger partial charge in [-0.15, -0.1) is 4.91 Å². The molecule has 1 N–H and O–H groups in total. The lowest BCUT2D eigenvalue weighted by Gasteiger charge is -2.18. The highest BCUT2D eigenvalue weighted by atomic mass is 16.3. The molecule has 2 rings (SSSR count). The number of phenolic OH excluding ortho intramolecular Hbond substituents is 1. The number of nitrogens with zero attached hydrogens (tertiary/aromatic N) is 2. The molecule has 0 amide bonds. The van der Waals surface area contributed by atoms with E-state index >= 15 is 0 Å². The van der Waals surface area contributed by atoms with E-state index in [4.69, 9.17) is 0 Å². The number of anilines is 1. The molecule has 74 valence electrons. The largest absolute Gasteiger partial charge is 0.508 e. The fourth-order valence-corrected chi connectivity index (χ4v) is 1.80. The van der Waals surface area contributed by atoms with E-state index in [1.165, 1.54) is 6.07 Å². The normalized spacial score (nSPS) is 15.9. The minimum Gasteiger partial charge on any atom is -0.508 e. The quantitative estimate of drug-likeness (QED) is 0.732. The molecule has 1 aromatic rings. The van der Waals surface area contributed by atoms with E-state index in [2.05, 4.69) is 10.1 Å². The van der Waals surface area contributed by atoms with Crippen LogP contribution in [0, 0.1) is 4.91 Å². The van der Waals surface area contributed by atoms with Crippen LogP contribution in [-0.2, 0) is 0 Å². The molecule has 0 atom stereocenters. The molecule has 0 radical (unpaired) electrons. The number of rotatable bonds is 2. The highest BCUT2D eigenvalue weighted by molar-refractivity contribution is 5.69. The van der Waals surface area contributed by atoms with Gasteiger partial charge in [0.2, 0.25) is 0 Å². The Morgan fingerprint density at radius 3 is 2.64 bits per heavy atom. The highest BCUT2D eigenvalue weighted by Gasteiger charge is 2.16. The minimum atomic E-state index is 0.180. The average Bonchev–Trinajstić information content (AvgIpc) is 2.70. The molecule has 1 aromatic carbocycles. The monoisotopic (exact) mass is 192 g/mol. The zero-order valence-corrected chi connectivity index (χ0v) is 7.81. The Balaban J connectivity index is 2.37. The molecule has 4 heteroatoms. The van der Waals surface area contributed by atoms with Crippen LogP contribution in [0.4, 0.5) is 11.4 Å². The summed E-state index contributed by atoms with van der Waals surface area (Å²) in [5.74, 6) is 0.180. The summed E-state index contributed by atoms with van der Waals surface area (Å²) in [6.45, 7) is 1.87. The van der Waals surface area contributed by atoms with Gasteiger partial charge >= 0.3 is 0 Å². The molecular formula is C10H12N2O2. The van der Waals surface area contributed by atoms with E-state index in [0.717, 1.165) is 31.6 Å². The number of nitroso groups, excluding NO2 is 1. The van der Waals surface area contributed by atoms with Crippen molar-refractivity contribution in [1.82, 2.24) is 0 Å². The summed E-state index contributed by atoms with van der Waals surface area (Å²) in [4.78, 5) is 12.6. The molecule has 1 fully saturated rings. The first kappa shape index (κ1) is 8.99. The van der Waals surface area contributed by atoms with E-state index in [1.807, 2.05) is 0 Å². The van der Waals surface area contributed by atoms with Crippen LogP contribution in [0.3, 0.4) is 0 Å². The first-order valence-electron chi connectivity index (χ1n) is 4.72. The van der Waals surface area contributed by atoms with Gasteiger partial charge in [-0.2, -0.15) is 0 Å². The van der Waals surface area contributed by atoms with Gasteiger partial charge < -0.3 is 10.0 Å². The fraction of sp³-hybridized carbons (Fsp3) is 0.400. The first-order valence-corrected chi connectivity index (χ1v) is 4.72. The third-order valence-electron chi connectivity index (χ3n) is 2.50. The average molecular weight is 192 g/mol. The molecule has 0 aliphatic carbocycles. The van der Waals surface area contributed by atoms with Crippen LogP contribution in [0.5, 0.6) is 5.75 Å². The van der Waals surface area contributed by atoms with E-state index in [1.54, 1.807) is 12.1 Å². The zero-order valence-electron chi connectivity index (χ0n) is 7.81. The van der Waals surface area contributed by atoms with Gasteiger partial charge in [-0.1, -0.05) is 0 Å². The Kier molecular flexibility index (Phi) is 2.35. The Morgan fingerprint density at radius 1 is 1.29 bits per heavy atom. The van der Waals surface area contributed by atoms with Crippen molar-refractivity contribution in [3.8, 4) is 5.75 Å². The van der Waals surface area contributed by atoms with Crippen LogP contribution in [0.15, 0.2) is 23.4 Å². The predicted octanol–water partition coefficient (Wildman–Crippen LogP) is 2.39. The Bertz CT molecular complexity index is 346. The SMILES string of the molecule is O=Nc1ccc(O)cc1N1CCCC1. The zero-order chi connectivity index (χ0) is 9.97. The summed E-state index contributed by atoms with van der Waals surface area (Å²) < 4.78 is 0. The molecule has 1 aliphatic heterocycles. The Labute approximate surface area is 82.1 Å². The standard InChI is InChI=1S/C10H12N2O2/c13-8-3-4-9(11-14)10(7-8)12-5-1-2-6-12/h3-4,7,13H,1-2,5-6H2. The van der Waals surface area contributed by atoms with Gasteiger partial charge in [0, 0.05) is 19.2 Å². The van der Waals surface area contributed by atoms with Crippen molar-refractivity contribution < 1.29 is 5.11 Å². The lowest BCUT2D eigenvalue weighted by atomic mass is 10.2. The van der Waals surface area contributed by atoms with Gasteiger partial charge in [-0.05, 0) is 30.2 Å². The minimum absolute atomic E-state index is 0.180. The van der Waals surface area contributed by atoms with Crippen LogP contribution >= 0.6 is 0 Å². The van der Waals surface area contributed by atoms with Crippen LogP contribution in [0.1, 0.15) is 12.8 Å². The molecule has 0 aromatic heterocycles. The summed E-state index contributed by atoms with van der Waals surface area (Å²) in [6, 6.07) is 4.63. The molecule has 0 unspecified atom stereocenters. The topological polar surface area (TPSA) is 52.9 Å². The van der Waals surface area contributed by atoms with E-state index in [0.29, 0.717) is 5.69 Å². The lowest BCUT2D eigenvalue weighted by Crippen LogP contribution is -2.17. The van der Waals surface area contributed by atoms with Gasteiger partial charge in [0.05, 0.1) is 5.69 Å². The second kappa shape index (κ2) is 3.65. The second-order valence-corrected chi connectivity index (χ2v) is 3.46. The molecule has 1 aliphatic rings. The van der Waals surface area contributed by atoms with Gasteiger partial charge in [-0.25, -0.2) is 0 Å². The molecule has 14 heavy (non-hydrogen) atoms. The molecule has 0 bridgehead atoms. The molecule has 0 saturated carbocycles. The van der Waals surface area contributed by atoms with Crippen molar-refractivity contribution >= 4 is 11.4 Å². The summed E-state index contributed by atoms with van der Waals surface area (Å²) in [5, 5.41) is 12.3. The number of phenols is 1. The maximum Gasteiger partial charge on any atom is 0.131 e. The van der Waals surface area contributed by atoms with Crippen molar-refractivity contribution in [2.45, 2.75) is 12.8 Å². The lowest BCUT2D eigenvalue weighted by molar-refractivity contribution is 0.475. The smallest absolute Gasteiger partial charge is 0.131 e. The summed E-state index contributed by atoms with van der Waals surface area (Å²) in [6.07, 6.45) is 2.27. The fourth-order valence-electron chi connectivity index (χ4n) is 1.80. The van der Waals surface area contributed by atoms with Gasteiger partial charge in [0.25, 0.3) is 0 Å². The third kappa shape index (κ3) is 1.55. The molecule has 4 nitrogen and oxygen atoms in total. The van der Waals surface area contributed by atoms with Crippen molar-refractivity contribution in [3.05, 3.63) is 23.1 Å².